The molecule has 1 unspecified atom stereocenters. The van der Waals surface area contributed by atoms with Crippen molar-refractivity contribution in [1.82, 2.24) is 14.7 Å². The van der Waals surface area contributed by atoms with Crippen LogP contribution < -0.4 is 5.32 Å². The van der Waals surface area contributed by atoms with Crippen LogP contribution in [0, 0.1) is 18.3 Å². The zero-order chi connectivity index (χ0) is 14.4. The van der Waals surface area contributed by atoms with Crippen molar-refractivity contribution in [3.8, 4) is 6.07 Å². The normalized spacial score (nSPS) is 13.7. The Balaban J connectivity index is 2.21. The maximum atomic E-state index is 9.69. The Morgan fingerprint density at radius 1 is 1.40 bits per heavy atom. The van der Waals surface area contributed by atoms with Crippen LogP contribution in [0.1, 0.15) is 18.3 Å². The molecule has 0 aliphatic carbocycles. The Morgan fingerprint density at radius 3 is 2.70 bits per heavy atom. The van der Waals surface area contributed by atoms with E-state index in [0.717, 1.165) is 22.3 Å². The highest BCUT2D eigenvalue weighted by molar-refractivity contribution is 8.01. The molecule has 0 fully saturated rings. The molecular weight excluding hydrogens is 288 g/mol. The summed E-state index contributed by atoms with van der Waals surface area (Å²) in [7, 11) is 0. The number of aromatic nitrogens is 2. The highest BCUT2D eigenvalue weighted by Gasteiger charge is 2.31. The van der Waals surface area contributed by atoms with E-state index in [1.807, 2.05) is 44.2 Å². The van der Waals surface area contributed by atoms with Crippen LogP contribution in [0.5, 0.6) is 0 Å². The molecule has 0 amide bonds. The van der Waals surface area contributed by atoms with Crippen molar-refractivity contribution in [3.63, 3.8) is 0 Å². The Morgan fingerprint density at radius 2 is 2.15 bits per heavy atom. The number of nitriles is 1. The fraction of sp³-hybridized carbons (Fsp3) is 0.357. The highest BCUT2D eigenvalue weighted by Crippen LogP contribution is 2.30. The smallest absolute Gasteiger partial charge is 0.170 e. The van der Waals surface area contributed by atoms with Crippen molar-refractivity contribution in [2.75, 3.05) is 12.3 Å². The Hall–Kier alpha value is -1.42. The zero-order valence-corrected chi connectivity index (χ0v) is 13.1. The minimum atomic E-state index is -0.694. The van der Waals surface area contributed by atoms with Crippen molar-refractivity contribution in [3.05, 3.63) is 41.7 Å². The minimum Gasteiger partial charge on any atom is -0.295 e. The van der Waals surface area contributed by atoms with Gasteiger partial charge in [-0.25, -0.2) is 4.98 Å². The molecule has 1 heterocycles. The first kappa shape index (κ1) is 15.0. The standard InChI is InChI=1S/C14H16N4S2/c1-3-16-14(9-15,12-7-5-4-6-8-12)10-19-13-17-11(2)18-20-13/h4-8,16H,3,10H2,1-2H3. The predicted molar refractivity (Wildman–Crippen MR) is 82.8 cm³/mol. The van der Waals surface area contributed by atoms with Gasteiger partial charge in [-0.15, -0.1) is 0 Å². The number of aryl methyl sites for hydroxylation is 1. The van der Waals surface area contributed by atoms with Crippen molar-refractivity contribution >= 4 is 23.3 Å². The summed E-state index contributed by atoms with van der Waals surface area (Å²) in [6.45, 7) is 4.62. The Labute approximate surface area is 127 Å². The summed E-state index contributed by atoms with van der Waals surface area (Å²) in [4.78, 5) is 4.34. The van der Waals surface area contributed by atoms with Gasteiger partial charge in [0.25, 0.3) is 0 Å². The second-order valence-electron chi connectivity index (χ2n) is 4.31. The van der Waals surface area contributed by atoms with Gasteiger partial charge in [0.15, 0.2) is 4.34 Å². The topological polar surface area (TPSA) is 61.6 Å². The van der Waals surface area contributed by atoms with E-state index in [1.54, 1.807) is 11.8 Å². The van der Waals surface area contributed by atoms with E-state index in [2.05, 4.69) is 20.7 Å². The lowest BCUT2D eigenvalue weighted by Gasteiger charge is -2.27. The SMILES string of the molecule is CCNC(C#N)(CSc1nc(C)ns1)c1ccccc1. The van der Waals surface area contributed by atoms with E-state index < -0.39 is 5.54 Å². The minimum absolute atomic E-state index is 0.607. The maximum absolute atomic E-state index is 9.69. The van der Waals surface area contributed by atoms with Gasteiger partial charge in [0, 0.05) is 5.75 Å². The number of nitrogens with one attached hydrogen (secondary N) is 1. The van der Waals surface area contributed by atoms with Gasteiger partial charge in [0.2, 0.25) is 0 Å². The lowest BCUT2D eigenvalue weighted by Crippen LogP contribution is -2.43. The number of hydrogen-bond acceptors (Lipinski definition) is 6. The summed E-state index contributed by atoms with van der Waals surface area (Å²) in [5, 5.41) is 13.0. The van der Waals surface area contributed by atoms with Crippen LogP contribution in [0.4, 0.5) is 0 Å². The van der Waals surface area contributed by atoms with E-state index in [4.69, 9.17) is 0 Å². The van der Waals surface area contributed by atoms with Gasteiger partial charge in [-0.1, -0.05) is 49.0 Å². The van der Waals surface area contributed by atoms with Gasteiger partial charge in [0.1, 0.15) is 11.4 Å². The van der Waals surface area contributed by atoms with Crippen LogP contribution in [0.3, 0.4) is 0 Å². The number of thioether (sulfide) groups is 1. The molecule has 0 spiro atoms. The highest BCUT2D eigenvalue weighted by atomic mass is 32.2. The number of rotatable bonds is 6. The van der Waals surface area contributed by atoms with Crippen LogP contribution >= 0.6 is 23.3 Å². The molecule has 104 valence electrons. The second kappa shape index (κ2) is 6.84. The molecule has 20 heavy (non-hydrogen) atoms. The summed E-state index contributed by atoms with van der Waals surface area (Å²) in [6, 6.07) is 12.3. The third-order valence-electron chi connectivity index (χ3n) is 2.86. The molecule has 0 bridgehead atoms. The molecule has 2 aromatic rings. The van der Waals surface area contributed by atoms with Crippen LogP contribution in [0.15, 0.2) is 34.7 Å². The molecule has 2 rings (SSSR count). The summed E-state index contributed by atoms with van der Waals surface area (Å²) in [6.07, 6.45) is 0. The van der Waals surface area contributed by atoms with E-state index in [-0.39, 0.29) is 0 Å². The molecule has 1 aromatic carbocycles. The first-order valence-corrected chi connectivity index (χ1v) is 8.11. The summed E-state index contributed by atoms with van der Waals surface area (Å²) >= 11 is 2.95. The summed E-state index contributed by atoms with van der Waals surface area (Å²) in [5.74, 6) is 1.39. The van der Waals surface area contributed by atoms with Crippen molar-refractivity contribution in [2.24, 2.45) is 0 Å². The number of nitrogens with zero attached hydrogens (tertiary/aromatic N) is 3. The quantitative estimate of drug-likeness (QED) is 0.831. The van der Waals surface area contributed by atoms with E-state index >= 15 is 0 Å². The van der Waals surface area contributed by atoms with Crippen LogP contribution in [-0.4, -0.2) is 21.7 Å². The largest absolute Gasteiger partial charge is 0.295 e. The van der Waals surface area contributed by atoms with Crippen LogP contribution in [-0.2, 0) is 5.54 Å². The van der Waals surface area contributed by atoms with Gasteiger partial charge >= 0.3 is 0 Å². The van der Waals surface area contributed by atoms with Gasteiger partial charge in [-0.3, -0.25) is 5.32 Å². The fourth-order valence-electron chi connectivity index (χ4n) is 1.90. The van der Waals surface area contributed by atoms with Crippen LogP contribution in [0.2, 0.25) is 0 Å². The number of benzene rings is 1. The lowest BCUT2D eigenvalue weighted by atomic mass is 9.93. The van der Waals surface area contributed by atoms with Crippen LogP contribution in [0.25, 0.3) is 0 Å². The molecule has 0 aliphatic heterocycles. The van der Waals surface area contributed by atoms with E-state index in [9.17, 15) is 5.26 Å². The molecular formula is C14H16N4S2. The lowest BCUT2D eigenvalue weighted by molar-refractivity contribution is 0.490. The first-order valence-electron chi connectivity index (χ1n) is 6.35. The fourth-order valence-corrected chi connectivity index (χ4v) is 3.70. The molecule has 0 aliphatic rings. The summed E-state index contributed by atoms with van der Waals surface area (Å²) < 4.78 is 5.07. The third-order valence-corrected chi connectivity index (χ3v) is 4.95. The third kappa shape index (κ3) is 3.37. The summed E-state index contributed by atoms with van der Waals surface area (Å²) in [5.41, 5.74) is 0.290. The maximum Gasteiger partial charge on any atom is 0.170 e. The molecule has 1 atom stereocenters. The predicted octanol–water partition coefficient (Wildman–Crippen LogP) is 2.97. The van der Waals surface area contributed by atoms with Gasteiger partial charge in [0.05, 0.1) is 6.07 Å². The van der Waals surface area contributed by atoms with E-state index in [0.29, 0.717) is 5.75 Å². The average Bonchev–Trinajstić information content (AvgIpc) is 2.90. The molecule has 1 N–H and O–H groups in total. The molecule has 0 radical (unpaired) electrons. The van der Waals surface area contributed by atoms with Gasteiger partial charge in [-0.05, 0) is 30.6 Å². The second-order valence-corrected chi connectivity index (χ2v) is 6.28. The molecule has 6 heteroatoms. The zero-order valence-electron chi connectivity index (χ0n) is 11.5. The van der Waals surface area contributed by atoms with Gasteiger partial charge in [-0.2, -0.15) is 9.64 Å². The Kier molecular flexibility index (Phi) is 5.12. The monoisotopic (exact) mass is 304 g/mol. The van der Waals surface area contributed by atoms with Crippen molar-refractivity contribution in [2.45, 2.75) is 23.7 Å². The average molecular weight is 304 g/mol. The molecule has 4 nitrogen and oxygen atoms in total. The molecule has 0 saturated heterocycles. The molecule has 0 saturated carbocycles. The van der Waals surface area contributed by atoms with Gasteiger partial charge < -0.3 is 0 Å². The number of hydrogen-bond donors (Lipinski definition) is 1. The Bertz CT molecular complexity index is 591. The van der Waals surface area contributed by atoms with Crippen molar-refractivity contribution < 1.29 is 0 Å². The van der Waals surface area contributed by atoms with E-state index in [1.165, 1.54) is 11.5 Å². The first-order chi connectivity index (χ1) is 9.70. The van der Waals surface area contributed by atoms with Crippen molar-refractivity contribution in [1.29, 1.82) is 5.26 Å². The molecule has 1 aromatic heterocycles.